The highest BCUT2D eigenvalue weighted by molar-refractivity contribution is 6.61. The number of anilines is 1. The number of hydrogen-bond acceptors (Lipinski definition) is 6. The summed E-state index contributed by atoms with van der Waals surface area (Å²) < 4.78 is 10.0. The summed E-state index contributed by atoms with van der Waals surface area (Å²) in [6.07, 6.45) is -0.465. The van der Waals surface area contributed by atoms with Crippen molar-refractivity contribution in [2.45, 2.75) is 26.9 Å². The second kappa shape index (κ2) is 7.16. The molecular weight excluding hydrogens is 328 g/mol. The van der Waals surface area contributed by atoms with Gasteiger partial charge in [-0.2, -0.15) is 4.99 Å². The Morgan fingerprint density at radius 1 is 1.20 bits per heavy atom. The molecule has 0 bridgehead atoms. The number of nitrogens with zero attached hydrogens (tertiary/aromatic N) is 2. The van der Waals surface area contributed by atoms with E-state index in [2.05, 4.69) is 4.99 Å². The van der Waals surface area contributed by atoms with Gasteiger partial charge in [-0.25, -0.2) is 14.5 Å². The SMILES string of the molecule is COc1ccc(N2C(=O)N=C(C(C(=O)OC(C)C)=C(C)O)C2=O)cc1. The summed E-state index contributed by atoms with van der Waals surface area (Å²) in [6, 6.07) is 5.31. The number of benzene rings is 1. The van der Waals surface area contributed by atoms with Gasteiger partial charge in [0.05, 0.1) is 18.9 Å². The van der Waals surface area contributed by atoms with Crippen molar-refractivity contribution in [3.05, 3.63) is 35.6 Å². The van der Waals surface area contributed by atoms with Gasteiger partial charge < -0.3 is 14.6 Å². The van der Waals surface area contributed by atoms with E-state index in [0.717, 1.165) is 4.90 Å². The number of aliphatic hydroxyl groups excluding tert-OH is 1. The molecule has 0 aliphatic carbocycles. The van der Waals surface area contributed by atoms with E-state index >= 15 is 0 Å². The number of rotatable bonds is 5. The van der Waals surface area contributed by atoms with E-state index in [4.69, 9.17) is 9.47 Å². The average molecular weight is 346 g/mol. The van der Waals surface area contributed by atoms with Crippen LogP contribution in [0.5, 0.6) is 5.75 Å². The third kappa shape index (κ3) is 3.68. The minimum absolute atomic E-state index is 0.265. The lowest BCUT2D eigenvalue weighted by Crippen LogP contribution is -2.35. The first kappa shape index (κ1) is 18.2. The zero-order chi connectivity index (χ0) is 18.7. The Hall–Kier alpha value is -3.16. The van der Waals surface area contributed by atoms with Gasteiger partial charge in [0.25, 0.3) is 5.91 Å². The third-order valence-corrected chi connectivity index (χ3v) is 3.28. The maximum Gasteiger partial charge on any atom is 0.355 e. The Bertz CT molecular complexity index is 773. The summed E-state index contributed by atoms with van der Waals surface area (Å²) in [5, 5.41) is 9.78. The van der Waals surface area contributed by atoms with Gasteiger partial charge in [-0.15, -0.1) is 0 Å². The quantitative estimate of drug-likeness (QED) is 0.498. The normalized spacial score (nSPS) is 15.2. The van der Waals surface area contributed by atoms with Gasteiger partial charge >= 0.3 is 12.0 Å². The summed E-state index contributed by atoms with van der Waals surface area (Å²) in [7, 11) is 1.49. The number of hydrogen-bond donors (Lipinski definition) is 1. The maximum atomic E-state index is 12.6. The molecule has 8 nitrogen and oxygen atoms in total. The number of allylic oxidation sites excluding steroid dienone is 1. The summed E-state index contributed by atoms with van der Waals surface area (Å²) in [4.78, 5) is 41.3. The van der Waals surface area contributed by atoms with Crippen LogP contribution >= 0.6 is 0 Å². The van der Waals surface area contributed by atoms with Crippen LogP contribution in [0.4, 0.5) is 10.5 Å². The number of amides is 3. The van der Waals surface area contributed by atoms with E-state index in [1.165, 1.54) is 26.2 Å². The van der Waals surface area contributed by atoms with E-state index < -0.39 is 41.1 Å². The van der Waals surface area contributed by atoms with E-state index in [1.807, 2.05) is 0 Å². The molecule has 1 aliphatic heterocycles. The Kier molecular flexibility index (Phi) is 5.21. The van der Waals surface area contributed by atoms with E-state index in [0.29, 0.717) is 5.75 Å². The van der Waals surface area contributed by atoms with Crippen LogP contribution < -0.4 is 9.64 Å². The number of methoxy groups -OCH3 is 1. The Labute approximate surface area is 144 Å². The molecule has 0 saturated heterocycles. The van der Waals surface area contributed by atoms with Crippen LogP contribution in [0, 0.1) is 0 Å². The second-order valence-corrected chi connectivity index (χ2v) is 5.50. The summed E-state index contributed by atoms with van der Waals surface area (Å²) in [5.74, 6) is -1.65. The third-order valence-electron chi connectivity index (χ3n) is 3.28. The number of esters is 1. The van der Waals surface area contributed by atoms with Crippen molar-refractivity contribution in [2.24, 2.45) is 4.99 Å². The van der Waals surface area contributed by atoms with E-state index in [1.54, 1.807) is 26.0 Å². The zero-order valence-corrected chi connectivity index (χ0v) is 14.3. The van der Waals surface area contributed by atoms with Gasteiger partial charge in [0, 0.05) is 0 Å². The topological polar surface area (TPSA) is 106 Å². The monoisotopic (exact) mass is 346 g/mol. The Morgan fingerprint density at radius 3 is 2.28 bits per heavy atom. The van der Waals surface area contributed by atoms with Crippen LogP contribution in [0.1, 0.15) is 20.8 Å². The first-order valence-corrected chi connectivity index (χ1v) is 7.48. The standard InChI is InChI=1S/C17H18N2O6/c1-9(2)25-16(22)13(10(3)20)14-15(21)19(17(23)18-14)11-5-7-12(24-4)8-6-11/h5-9,20H,1-4H3. The zero-order valence-electron chi connectivity index (χ0n) is 14.3. The van der Waals surface area contributed by atoms with Gasteiger partial charge in [-0.05, 0) is 45.0 Å². The molecule has 8 heteroatoms. The molecule has 2 rings (SSSR count). The van der Waals surface area contributed by atoms with E-state index in [9.17, 15) is 19.5 Å². The number of imide groups is 1. The van der Waals surface area contributed by atoms with Crippen molar-refractivity contribution in [1.29, 1.82) is 0 Å². The lowest BCUT2D eigenvalue weighted by Gasteiger charge is -2.14. The molecule has 1 aromatic carbocycles. The smallest absolute Gasteiger partial charge is 0.355 e. The van der Waals surface area contributed by atoms with Crippen molar-refractivity contribution >= 4 is 29.3 Å². The number of aliphatic hydroxyl groups is 1. The first-order valence-electron chi connectivity index (χ1n) is 7.48. The molecule has 0 fully saturated rings. The molecule has 3 amide bonds. The van der Waals surface area contributed by atoms with Crippen molar-refractivity contribution in [1.82, 2.24) is 0 Å². The van der Waals surface area contributed by atoms with Crippen LogP contribution in [-0.4, -0.2) is 41.9 Å². The molecule has 0 radical (unpaired) electrons. The number of carbonyl (C=O) groups is 3. The summed E-state index contributed by atoms with van der Waals surface area (Å²) >= 11 is 0. The molecule has 1 N–H and O–H groups in total. The van der Waals surface area contributed by atoms with Crippen molar-refractivity contribution in [3.63, 3.8) is 0 Å². The van der Waals surface area contributed by atoms with Crippen molar-refractivity contribution in [2.75, 3.05) is 12.0 Å². The minimum Gasteiger partial charge on any atom is -0.512 e. The minimum atomic E-state index is -0.925. The molecule has 25 heavy (non-hydrogen) atoms. The Balaban J connectivity index is 2.36. The molecular formula is C17H18N2O6. The fraction of sp³-hybridized carbons (Fsp3) is 0.294. The lowest BCUT2D eigenvalue weighted by molar-refractivity contribution is -0.142. The molecule has 0 aromatic heterocycles. The first-order chi connectivity index (χ1) is 11.8. The molecule has 0 saturated carbocycles. The largest absolute Gasteiger partial charge is 0.512 e. The fourth-order valence-corrected chi connectivity index (χ4v) is 2.20. The highest BCUT2D eigenvalue weighted by atomic mass is 16.5. The van der Waals surface area contributed by atoms with Crippen LogP contribution in [0.15, 0.2) is 40.6 Å². The summed E-state index contributed by atoms with van der Waals surface area (Å²) in [6.45, 7) is 4.46. The van der Waals surface area contributed by atoms with Gasteiger partial charge in [0.2, 0.25) is 0 Å². The molecule has 1 heterocycles. The fourth-order valence-electron chi connectivity index (χ4n) is 2.20. The molecule has 1 aliphatic rings. The molecule has 0 unspecified atom stereocenters. The van der Waals surface area contributed by atoms with Crippen molar-refractivity contribution < 1.29 is 29.0 Å². The second-order valence-electron chi connectivity index (χ2n) is 5.50. The van der Waals surface area contributed by atoms with Gasteiger partial charge in [-0.3, -0.25) is 4.79 Å². The van der Waals surface area contributed by atoms with Gasteiger partial charge in [0.1, 0.15) is 17.1 Å². The van der Waals surface area contributed by atoms with Crippen LogP contribution in [0.25, 0.3) is 0 Å². The predicted octanol–water partition coefficient (Wildman–Crippen LogP) is 2.39. The number of carbonyl (C=O) groups excluding carboxylic acids is 3. The van der Waals surface area contributed by atoms with Crippen LogP contribution in [-0.2, 0) is 14.3 Å². The Morgan fingerprint density at radius 2 is 1.80 bits per heavy atom. The van der Waals surface area contributed by atoms with E-state index in [-0.39, 0.29) is 5.69 Å². The number of urea groups is 1. The lowest BCUT2D eigenvalue weighted by atomic mass is 10.1. The molecule has 0 atom stereocenters. The number of ether oxygens (including phenoxy) is 2. The van der Waals surface area contributed by atoms with Crippen LogP contribution in [0.3, 0.4) is 0 Å². The highest BCUT2D eigenvalue weighted by Gasteiger charge is 2.40. The maximum absolute atomic E-state index is 12.6. The average Bonchev–Trinajstić information content (AvgIpc) is 2.81. The van der Waals surface area contributed by atoms with Gasteiger partial charge in [-0.1, -0.05) is 0 Å². The number of aliphatic imine (C=N–C) groups is 1. The predicted molar refractivity (Wildman–Crippen MR) is 89.9 cm³/mol. The molecule has 1 aromatic rings. The molecule has 0 spiro atoms. The molecule has 132 valence electrons. The van der Waals surface area contributed by atoms with Crippen LogP contribution in [0.2, 0.25) is 0 Å². The van der Waals surface area contributed by atoms with Crippen molar-refractivity contribution in [3.8, 4) is 5.75 Å². The highest BCUT2D eigenvalue weighted by Crippen LogP contribution is 2.25. The summed E-state index contributed by atoms with van der Waals surface area (Å²) in [5.41, 5.74) is -0.615. The van der Waals surface area contributed by atoms with Gasteiger partial charge in [0.15, 0.2) is 5.71 Å².